The van der Waals surface area contributed by atoms with Gasteiger partial charge in [0.25, 0.3) is 0 Å². The molecule has 0 spiro atoms. The van der Waals surface area contributed by atoms with Crippen LogP contribution in [0.4, 0.5) is 0 Å². The minimum atomic E-state index is 0.397. The maximum Gasteiger partial charge on any atom is 0.115 e. The van der Waals surface area contributed by atoms with Crippen molar-refractivity contribution >= 4 is 0 Å². The van der Waals surface area contributed by atoms with E-state index >= 15 is 0 Å². The molecule has 0 aliphatic carbocycles. The van der Waals surface area contributed by atoms with Gasteiger partial charge in [0.15, 0.2) is 0 Å². The van der Waals surface area contributed by atoms with E-state index in [1.54, 1.807) is 6.07 Å². The van der Waals surface area contributed by atoms with Crippen LogP contribution in [0, 0.1) is 11.8 Å². The standard InChI is InChI=1S/C25H44O/c1-4-7-8-13-18-23(5-2)24(6-3)19-14-11-9-10-12-16-22-17-15-20-25(26)21-22/h15,17,20-21,23-24,26H,4-14,16,18-19H2,1-3H3. The first kappa shape index (κ1) is 23.1. The summed E-state index contributed by atoms with van der Waals surface area (Å²) in [6, 6.07) is 7.72. The van der Waals surface area contributed by atoms with Crippen molar-refractivity contribution < 1.29 is 5.11 Å². The molecule has 150 valence electrons. The lowest BCUT2D eigenvalue weighted by Gasteiger charge is -2.25. The number of aromatic hydroxyl groups is 1. The molecule has 1 nitrogen and oxygen atoms in total. The van der Waals surface area contributed by atoms with Gasteiger partial charge in [-0.2, -0.15) is 0 Å². The van der Waals surface area contributed by atoms with E-state index in [2.05, 4.69) is 26.8 Å². The van der Waals surface area contributed by atoms with Gasteiger partial charge < -0.3 is 5.11 Å². The van der Waals surface area contributed by atoms with Crippen molar-refractivity contribution in [2.45, 2.75) is 111 Å². The predicted molar refractivity (Wildman–Crippen MR) is 116 cm³/mol. The van der Waals surface area contributed by atoms with Gasteiger partial charge in [-0.25, -0.2) is 0 Å². The molecule has 2 atom stereocenters. The second-order valence-corrected chi connectivity index (χ2v) is 8.16. The van der Waals surface area contributed by atoms with Crippen LogP contribution in [-0.4, -0.2) is 5.11 Å². The first-order valence-electron chi connectivity index (χ1n) is 11.5. The summed E-state index contributed by atoms with van der Waals surface area (Å²) in [5, 5.41) is 9.51. The molecule has 0 aliphatic rings. The van der Waals surface area contributed by atoms with E-state index in [-0.39, 0.29) is 0 Å². The van der Waals surface area contributed by atoms with E-state index < -0.39 is 0 Å². The molecule has 1 aromatic carbocycles. The Bertz CT molecular complexity index is 440. The van der Waals surface area contributed by atoms with E-state index in [4.69, 9.17) is 0 Å². The van der Waals surface area contributed by atoms with Gasteiger partial charge in [0.2, 0.25) is 0 Å². The van der Waals surface area contributed by atoms with Crippen LogP contribution >= 0.6 is 0 Å². The van der Waals surface area contributed by atoms with Crippen molar-refractivity contribution in [2.75, 3.05) is 0 Å². The van der Waals surface area contributed by atoms with Gasteiger partial charge in [-0.05, 0) is 42.4 Å². The zero-order valence-corrected chi connectivity index (χ0v) is 17.8. The van der Waals surface area contributed by atoms with E-state index in [9.17, 15) is 5.11 Å². The summed E-state index contributed by atoms with van der Waals surface area (Å²) in [4.78, 5) is 0. The van der Waals surface area contributed by atoms with Crippen LogP contribution < -0.4 is 0 Å². The minimum absolute atomic E-state index is 0.397. The molecule has 0 radical (unpaired) electrons. The zero-order valence-electron chi connectivity index (χ0n) is 17.8. The molecule has 0 bridgehead atoms. The molecular formula is C25H44O. The lowest BCUT2D eigenvalue weighted by atomic mass is 9.81. The van der Waals surface area contributed by atoms with Gasteiger partial charge in [0.05, 0.1) is 0 Å². The first-order valence-corrected chi connectivity index (χ1v) is 11.5. The zero-order chi connectivity index (χ0) is 19.0. The van der Waals surface area contributed by atoms with E-state index in [0.717, 1.165) is 18.3 Å². The summed E-state index contributed by atoms with van der Waals surface area (Å²) in [5.74, 6) is 2.31. The van der Waals surface area contributed by atoms with Crippen LogP contribution in [-0.2, 0) is 6.42 Å². The maximum absolute atomic E-state index is 9.51. The molecule has 1 N–H and O–H groups in total. The third-order valence-corrected chi connectivity index (χ3v) is 6.09. The summed E-state index contributed by atoms with van der Waals surface area (Å²) in [6.07, 6.45) is 19.1. The quantitative estimate of drug-likeness (QED) is 0.294. The topological polar surface area (TPSA) is 20.2 Å². The van der Waals surface area contributed by atoms with Crippen LogP contribution in [0.2, 0.25) is 0 Å². The second kappa shape index (κ2) is 15.1. The van der Waals surface area contributed by atoms with Gasteiger partial charge in [-0.3, -0.25) is 0 Å². The molecule has 0 saturated carbocycles. The summed E-state index contributed by atoms with van der Waals surface area (Å²) in [7, 11) is 0. The van der Waals surface area contributed by atoms with Gasteiger partial charge in [0.1, 0.15) is 5.75 Å². The van der Waals surface area contributed by atoms with Crippen LogP contribution in [0.25, 0.3) is 0 Å². The van der Waals surface area contributed by atoms with Gasteiger partial charge >= 0.3 is 0 Å². The third-order valence-electron chi connectivity index (χ3n) is 6.09. The minimum Gasteiger partial charge on any atom is -0.508 e. The second-order valence-electron chi connectivity index (χ2n) is 8.16. The van der Waals surface area contributed by atoms with Crippen molar-refractivity contribution in [3.05, 3.63) is 29.8 Å². The highest BCUT2D eigenvalue weighted by molar-refractivity contribution is 5.27. The van der Waals surface area contributed by atoms with Gasteiger partial charge in [0, 0.05) is 0 Å². The molecule has 0 aromatic heterocycles. The Kier molecular flexibility index (Phi) is 13.4. The molecule has 1 aromatic rings. The lowest BCUT2D eigenvalue weighted by Crippen LogP contribution is -2.13. The summed E-state index contributed by atoms with van der Waals surface area (Å²) < 4.78 is 0. The fourth-order valence-corrected chi connectivity index (χ4v) is 4.36. The Morgan fingerprint density at radius 3 is 1.88 bits per heavy atom. The number of phenols is 1. The van der Waals surface area contributed by atoms with Crippen LogP contribution in [0.1, 0.15) is 110 Å². The number of aryl methyl sites for hydroxylation is 1. The Labute approximate surface area is 163 Å². The number of rotatable bonds is 16. The molecule has 0 fully saturated rings. The predicted octanol–water partition coefficient (Wildman–Crippen LogP) is 8.30. The summed E-state index contributed by atoms with van der Waals surface area (Å²) in [5.41, 5.74) is 1.27. The Morgan fingerprint density at radius 1 is 0.731 bits per heavy atom. The third kappa shape index (κ3) is 10.2. The molecule has 0 saturated heterocycles. The largest absolute Gasteiger partial charge is 0.508 e. The molecule has 0 amide bonds. The van der Waals surface area contributed by atoms with Crippen molar-refractivity contribution in [3.8, 4) is 5.75 Å². The normalized spacial score (nSPS) is 13.7. The van der Waals surface area contributed by atoms with Crippen molar-refractivity contribution in [1.29, 1.82) is 0 Å². The highest BCUT2D eigenvalue weighted by Crippen LogP contribution is 2.30. The molecule has 0 heterocycles. The fraction of sp³-hybridized carbons (Fsp3) is 0.760. The van der Waals surface area contributed by atoms with Gasteiger partial charge in [-0.1, -0.05) is 110 Å². The molecular weight excluding hydrogens is 316 g/mol. The van der Waals surface area contributed by atoms with E-state index in [0.29, 0.717) is 5.75 Å². The highest BCUT2D eigenvalue weighted by Gasteiger charge is 2.17. The number of phenolic OH excluding ortho intramolecular Hbond substituents is 1. The van der Waals surface area contributed by atoms with Gasteiger partial charge in [-0.15, -0.1) is 0 Å². The van der Waals surface area contributed by atoms with Crippen LogP contribution in [0.3, 0.4) is 0 Å². The van der Waals surface area contributed by atoms with Crippen molar-refractivity contribution in [3.63, 3.8) is 0 Å². The van der Waals surface area contributed by atoms with Crippen molar-refractivity contribution in [1.82, 2.24) is 0 Å². The van der Waals surface area contributed by atoms with Crippen LogP contribution in [0.15, 0.2) is 24.3 Å². The summed E-state index contributed by atoms with van der Waals surface area (Å²) >= 11 is 0. The summed E-state index contributed by atoms with van der Waals surface area (Å²) in [6.45, 7) is 7.10. The SMILES string of the molecule is CCCCCCC(CC)C(CC)CCCCCCCc1cccc(O)c1. The maximum atomic E-state index is 9.51. The molecule has 1 rings (SSSR count). The molecule has 26 heavy (non-hydrogen) atoms. The lowest BCUT2D eigenvalue weighted by molar-refractivity contribution is 0.263. The number of benzene rings is 1. The molecule has 1 heteroatoms. The van der Waals surface area contributed by atoms with Crippen LogP contribution in [0.5, 0.6) is 5.75 Å². The van der Waals surface area contributed by atoms with E-state index in [1.165, 1.54) is 89.0 Å². The molecule has 2 unspecified atom stereocenters. The Balaban J connectivity index is 2.11. The Hall–Kier alpha value is -0.980. The number of hydrogen-bond donors (Lipinski definition) is 1. The fourth-order valence-electron chi connectivity index (χ4n) is 4.36. The monoisotopic (exact) mass is 360 g/mol. The first-order chi connectivity index (χ1) is 12.7. The highest BCUT2D eigenvalue weighted by atomic mass is 16.3. The van der Waals surface area contributed by atoms with Crippen molar-refractivity contribution in [2.24, 2.45) is 11.8 Å². The number of hydrogen-bond acceptors (Lipinski definition) is 1. The smallest absolute Gasteiger partial charge is 0.115 e. The average molecular weight is 361 g/mol. The average Bonchev–Trinajstić information content (AvgIpc) is 2.65. The molecule has 0 aliphatic heterocycles. The number of unbranched alkanes of at least 4 members (excludes halogenated alkanes) is 7. The van der Waals surface area contributed by atoms with E-state index in [1.807, 2.05) is 12.1 Å². The Morgan fingerprint density at radius 2 is 1.31 bits per heavy atom.